The molecule has 0 saturated heterocycles. The van der Waals surface area contributed by atoms with Crippen LogP contribution in [0.5, 0.6) is 0 Å². The number of aryl methyl sites for hydroxylation is 1. The van der Waals surface area contributed by atoms with Crippen molar-refractivity contribution < 1.29 is 5.11 Å². The fourth-order valence-electron chi connectivity index (χ4n) is 1.18. The molecule has 1 heterocycles. The predicted molar refractivity (Wildman–Crippen MR) is 56.8 cm³/mol. The van der Waals surface area contributed by atoms with Gasteiger partial charge in [0.1, 0.15) is 0 Å². The fraction of sp³-hybridized carbons (Fsp3) is 0.600. The molecule has 0 aliphatic carbocycles. The van der Waals surface area contributed by atoms with E-state index < -0.39 is 5.60 Å². The minimum absolute atomic E-state index is 0.0885. The van der Waals surface area contributed by atoms with Crippen molar-refractivity contribution in [2.45, 2.75) is 26.4 Å². The van der Waals surface area contributed by atoms with Gasteiger partial charge in [-0.15, -0.1) is 11.3 Å². The lowest BCUT2D eigenvalue weighted by molar-refractivity contribution is 0.00874. The summed E-state index contributed by atoms with van der Waals surface area (Å²) in [6, 6.07) is 4.00. The molecule has 0 aliphatic heterocycles. The third kappa shape index (κ3) is 2.10. The number of hydrogen-bond acceptors (Lipinski definition) is 3. The Hall–Kier alpha value is -0.380. The first-order valence-corrected chi connectivity index (χ1v) is 5.29. The van der Waals surface area contributed by atoms with Crippen molar-refractivity contribution in [3.8, 4) is 0 Å². The lowest BCUT2D eigenvalue weighted by Gasteiger charge is -2.28. The zero-order valence-electron chi connectivity index (χ0n) is 8.37. The van der Waals surface area contributed by atoms with Crippen LogP contribution in [0.25, 0.3) is 0 Å². The highest BCUT2D eigenvalue weighted by atomic mass is 32.1. The summed E-state index contributed by atoms with van der Waals surface area (Å²) in [6.07, 6.45) is 0. The van der Waals surface area contributed by atoms with Gasteiger partial charge in [-0.3, -0.25) is 0 Å². The summed E-state index contributed by atoms with van der Waals surface area (Å²) in [7, 11) is 0. The average molecular weight is 199 g/mol. The predicted octanol–water partition coefficient (Wildman–Crippen LogP) is 1.86. The minimum atomic E-state index is -0.784. The summed E-state index contributed by atoms with van der Waals surface area (Å²) in [5, 5.41) is 10.2. The van der Waals surface area contributed by atoms with Crippen molar-refractivity contribution in [3.63, 3.8) is 0 Å². The van der Waals surface area contributed by atoms with Crippen LogP contribution < -0.4 is 5.73 Å². The molecule has 3 N–H and O–H groups in total. The van der Waals surface area contributed by atoms with Crippen LogP contribution in [-0.2, 0) is 5.60 Å². The van der Waals surface area contributed by atoms with Gasteiger partial charge in [0, 0.05) is 15.7 Å². The molecule has 13 heavy (non-hydrogen) atoms. The van der Waals surface area contributed by atoms with E-state index in [2.05, 4.69) is 0 Å². The summed E-state index contributed by atoms with van der Waals surface area (Å²) < 4.78 is 0. The fourth-order valence-corrected chi connectivity index (χ4v) is 2.21. The van der Waals surface area contributed by atoms with Crippen molar-refractivity contribution >= 4 is 11.3 Å². The van der Waals surface area contributed by atoms with E-state index in [0.29, 0.717) is 6.54 Å². The molecule has 0 bridgehead atoms. The van der Waals surface area contributed by atoms with E-state index in [0.717, 1.165) is 4.88 Å². The van der Waals surface area contributed by atoms with E-state index in [4.69, 9.17) is 5.73 Å². The average Bonchev–Trinajstić information content (AvgIpc) is 2.50. The van der Waals surface area contributed by atoms with Gasteiger partial charge in [-0.2, -0.15) is 0 Å². The first-order valence-electron chi connectivity index (χ1n) is 4.48. The van der Waals surface area contributed by atoms with Crippen molar-refractivity contribution in [1.82, 2.24) is 0 Å². The molecule has 0 fully saturated rings. The largest absolute Gasteiger partial charge is 0.384 e. The standard InChI is InChI=1S/C10H17NOS/c1-7(6-11)10(3,12)9-5-4-8(2)13-9/h4-5,7,12H,6,11H2,1-3H3. The maximum Gasteiger partial charge on any atom is 0.0997 e. The molecular formula is C10H17NOS. The molecular weight excluding hydrogens is 182 g/mol. The van der Waals surface area contributed by atoms with Gasteiger partial charge in [0.2, 0.25) is 0 Å². The molecule has 1 rings (SSSR count). The normalized spacial score (nSPS) is 18.2. The molecule has 0 aromatic carbocycles. The molecule has 2 unspecified atom stereocenters. The topological polar surface area (TPSA) is 46.2 Å². The summed E-state index contributed by atoms with van der Waals surface area (Å²) >= 11 is 1.63. The molecule has 0 radical (unpaired) electrons. The molecule has 2 atom stereocenters. The highest BCUT2D eigenvalue weighted by molar-refractivity contribution is 7.12. The molecule has 74 valence electrons. The van der Waals surface area contributed by atoms with Crippen LogP contribution in [0.3, 0.4) is 0 Å². The van der Waals surface area contributed by atoms with E-state index in [1.54, 1.807) is 11.3 Å². The molecule has 0 aliphatic rings. The first kappa shape index (κ1) is 10.7. The second kappa shape index (κ2) is 3.78. The SMILES string of the molecule is Cc1ccc(C(C)(O)C(C)CN)s1. The summed E-state index contributed by atoms with van der Waals surface area (Å²) in [5.41, 5.74) is 4.76. The van der Waals surface area contributed by atoms with Gasteiger partial charge in [-0.1, -0.05) is 6.92 Å². The van der Waals surface area contributed by atoms with Gasteiger partial charge < -0.3 is 10.8 Å². The monoisotopic (exact) mass is 199 g/mol. The van der Waals surface area contributed by atoms with Gasteiger partial charge in [0.05, 0.1) is 5.60 Å². The van der Waals surface area contributed by atoms with Gasteiger partial charge >= 0.3 is 0 Å². The van der Waals surface area contributed by atoms with Gasteiger partial charge in [0.15, 0.2) is 0 Å². The van der Waals surface area contributed by atoms with E-state index in [1.165, 1.54) is 4.88 Å². The summed E-state index contributed by atoms with van der Waals surface area (Å²) in [4.78, 5) is 2.22. The van der Waals surface area contributed by atoms with Crippen LogP contribution in [0.15, 0.2) is 12.1 Å². The Morgan fingerprint density at radius 2 is 2.23 bits per heavy atom. The summed E-state index contributed by atoms with van der Waals surface area (Å²) in [6.45, 7) is 6.34. The number of hydrogen-bond donors (Lipinski definition) is 2. The van der Waals surface area contributed by atoms with Crippen LogP contribution >= 0.6 is 11.3 Å². The number of nitrogens with two attached hydrogens (primary N) is 1. The highest BCUT2D eigenvalue weighted by Crippen LogP contribution is 2.33. The zero-order chi connectivity index (χ0) is 10.1. The number of thiophene rings is 1. The van der Waals surface area contributed by atoms with Crippen molar-refractivity contribution in [3.05, 3.63) is 21.9 Å². The van der Waals surface area contributed by atoms with Crippen LogP contribution in [0.2, 0.25) is 0 Å². The van der Waals surface area contributed by atoms with Gasteiger partial charge in [-0.25, -0.2) is 0 Å². The van der Waals surface area contributed by atoms with Crippen molar-refractivity contribution in [2.75, 3.05) is 6.54 Å². The molecule has 1 aromatic heterocycles. The minimum Gasteiger partial charge on any atom is -0.384 e. The molecule has 0 amide bonds. The van der Waals surface area contributed by atoms with E-state index in [9.17, 15) is 5.11 Å². The Morgan fingerprint density at radius 3 is 2.62 bits per heavy atom. The second-order valence-electron chi connectivity index (χ2n) is 3.69. The Balaban J connectivity index is 2.92. The van der Waals surface area contributed by atoms with Crippen LogP contribution in [0, 0.1) is 12.8 Å². The molecule has 3 heteroatoms. The Bertz CT molecular complexity index is 280. The second-order valence-corrected chi connectivity index (χ2v) is 4.98. The van der Waals surface area contributed by atoms with Crippen LogP contribution in [-0.4, -0.2) is 11.7 Å². The van der Waals surface area contributed by atoms with Crippen molar-refractivity contribution in [1.29, 1.82) is 0 Å². The molecule has 0 saturated carbocycles. The third-order valence-corrected chi connectivity index (χ3v) is 3.78. The lowest BCUT2D eigenvalue weighted by Crippen LogP contribution is -2.33. The maximum absolute atomic E-state index is 10.2. The van der Waals surface area contributed by atoms with E-state index in [-0.39, 0.29) is 5.92 Å². The molecule has 1 aromatic rings. The smallest absolute Gasteiger partial charge is 0.0997 e. The third-order valence-electron chi connectivity index (χ3n) is 2.55. The van der Waals surface area contributed by atoms with Crippen LogP contribution in [0.1, 0.15) is 23.6 Å². The number of rotatable bonds is 3. The Kier molecular flexibility index (Phi) is 3.11. The molecule has 2 nitrogen and oxygen atoms in total. The maximum atomic E-state index is 10.2. The molecule has 0 spiro atoms. The van der Waals surface area contributed by atoms with Gasteiger partial charge in [-0.05, 0) is 32.5 Å². The Morgan fingerprint density at radius 1 is 1.62 bits per heavy atom. The summed E-state index contributed by atoms with van der Waals surface area (Å²) in [5.74, 6) is 0.0885. The lowest BCUT2D eigenvalue weighted by atomic mass is 9.89. The van der Waals surface area contributed by atoms with E-state index in [1.807, 2.05) is 32.9 Å². The number of aliphatic hydroxyl groups is 1. The first-order chi connectivity index (χ1) is 5.98. The quantitative estimate of drug-likeness (QED) is 0.780. The van der Waals surface area contributed by atoms with Crippen LogP contribution in [0.4, 0.5) is 0 Å². The van der Waals surface area contributed by atoms with E-state index >= 15 is 0 Å². The zero-order valence-corrected chi connectivity index (χ0v) is 9.19. The highest BCUT2D eigenvalue weighted by Gasteiger charge is 2.30. The van der Waals surface area contributed by atoms with Crippen molar-refractivity contribution in [2.24, 2.45) is 11.7 Å². The van der Waals surface area contributed by atoms with Gasteiger partial charge in [0.25, 0.3) is 0 Å². The Labute approximate surface area is 83.4 Å².